The van der Waals surface area contributed by atoms with Gasteiger partial charge in [0.2, 0.25) is 0 Å². The highest BCUT2D eigenvalue weighted by Crippen LogP contribution is 2.36. The fraction of sp³-hybridized carbons (Fsp3) is 0.529. The minimum absolute atomic E-state index is 0.127. The van der Waals surface area contributed by atoms with E-state index in [1.54, 1.807) is 24.8 Å². The van der Waals surface area contributed by atoms with Gasteiger partial charge in [0.25, 0.3) is 5.91 Å². The average Bonchev–Trinajstić information content (AvgIpc) is 3.10. The van der Waals surface area contributed by atoms with Crippen LogP contribution >= 0.6 is 11.6 Å². The number of carboxylic acid groups (broad SMARTS) is 1. The first-order chi connectivity index (χ1) is 11.3. The number of hydrogen-bond acceptors (Lipinski definition) is 4. The Hall–Kier alpha value is -1.63. The van der Waals surface area contributed by atoms with Gasteiger partial charge >= 0.3 is 5.97 Å². The quantitative estimate of drug-likeness (QED) is 0.904. The van der Waals surface area contributed by atoms with E-state index in [0.29, 0.717) is 11.6 Å². The Morgan fingerprint density at radius 2 is 2.00 bits per heavy atom. The molecule has 130 valence electrons. The Morgan fingerprint density at radius 1 is 1.29 bits per heavy atom. The standard InChI is InChI=1S/C17H20ClNO5/c1-17(2)23-13(14(24-17)16(21)22)15(20)19-8-4-7-12(19)10-5-3-6-11(18)9-10/h3,5-6,9,12-14H,4,7-8H2,1-2H3,(H,21,22)/t12-,13-,14?/m1/s1. The van der Waals surface area contributed by atoms with Gasteiger partial charge in [-0.2, -0.15) is 0 Å². The van der Waals surface area contributed by atoms with Crippen molar-refractivity contribution < 1.29 is 24.2 Å². The Bertz CT molecular complexity index is 662. The van der Waals surface area contributed by atoms with Crippen molar-refractivity contribution in [2.24, 2.45) is 0 Å². The van der Waals surface area contributed by atoms with E-state index in [1.807, 2.05) is 18.2 Å². The molecule has 0 aliphatic carbocycles. The zero-order valence-corrected chi connectivity index (χ0v) is 14.3. The average molecular weight is 354 g/mol. The Kier molecular flexibility index (Phi) is 4.55. The fourth-order valence-corrected chi connectivity index (χ4v) is 3.58. The van der Waals surface area contributed by atoms with Crippen LogP contribution < -0.4 is 0 Å². The first kappa shape index (κ1) is 17.2. The number of rotatable bonds is 3. The van der Waals surface area contributed by atoms with Crippen LogP contribution in [0.4, 0.5) is 0 Å². The lowest BCUT2D eigenvalue weighted by Gasteiger charge is -2.28. The second kappa shape index (κ2) is 6.35. The van der Waals surface area contributed by atoms with E-state index in [-0.39, 0.29) is 11.9 Å². The maximum Gasteiger partial charge on any atom is 0.336 e. The molecular weight excluding hydrogens is 334 g/mol. The second-order valence-corrected chi connectivity index (χ2v) is 7.00. The number of nitrogens with zero attached hydrogens (tertiary/aromatic N) is 1. The molecule has 0 radical (unpaired) electrons. The lowest BCUT2D eigenvalue weighted by Crippen LogP contribution is -2.46. The molecule has 0 saturated carbocycles. The lowest BCUT2D eigenvalue weighted by atomic mass is 10.0. The third kappa shape index (κ3) is 3.27. The number of amides is 1. The summed E-state index contributed by atoms with van der Waals surface area (Å²) in [7, 11) is 0. The van der Waals surface area contributed by atoms with E-state index in [9.17, 15) is 14.7 Å². The molecule has 1 amide bonds. The molecule has 1 aromatic rings. The van der Waals surface area contributed by atoms with E-state index < -0.39 is 24.0 Å². The summed E-state index contributed by atoms with van der Waals surface area (Å²) in [5.41, 5.74) is 0.943. The zero-order valence-electron chi connectivity index (χ0n) is 13.6. The smallest absolute Gasteiger partial charge is 0.336 e. The van der Waals surface area contributed by atoms with Gasteiger partial charge in [0.1, 0.15) is 0 Å². The SMILES string of the molecule is CC1(C)OC(C(=O)O)[C@H](C(=O)N2CCC[C@@H]2c2cccc(Cl)c2)O1. The molecule has 2 aliphatic rings. The first-order valence-corrected chi connectivity index (χ1v) is 8.31. The summed E-state index contributed by atoms with van der Waals surface area (Å²) in [6.45, 7) is 3.77. The van der Waals surface area contributed by atoms with Crippen molar-refractivity contribution in [2.75, 3.05) is 6.54 Å². The maximum atomic E-state index is 12.9. The Labute approximate surface area is 145 Å². The number of aliphatic carboxylic acids is 1. The zero-order chi connectivity index (χ0) is 17.5. The number of hydrogen-bond donors (Lipinski definition) is 1. The topological polar surface area (TPSA) is 76.1 Å². The van der Waals surface area contributed by atoms with Gasteiger partial charge in [-0.15, -0.1) is 0 Å². The van der Waals surface area contributed by atoms with Crippen LogP contribution in [-0.2, 0) is 19.1 Å². The summed E-state index contributed by atoms with van der Waals surface area (Å²) < 4.78 is 11.0. The first-order valence-electron chi connectivity index (χ1n) is 7.93. The van der Waals surface area contributed by atoms with Crippen molar-refractivity contribution in [2.45, 2.75) is 50.7 Å². The number of ether oxygens (including phenoxy) is 2. The minimum atomic E-state index is -1.30. The van der Waals surface area contributed by atoms with E-state index in [2.05, 4.69) is 0 Å². The van der Waals surface area contributed by atoms with Gasteiger partial charge in [-0.1, -0.05) is 23.7 Å². The van der Waals surface area contributed by atoms with Gasteiger partial charge in [-0.25, -0.2) is 4.79 Å². The molecule has 3 rings (SSSR count). The highest BCUT2D eigenvalue weighted by molar-refractivity contribution is 6.30. The van der Waals surface area contributed by atoms with E-state index in [0.717, 1.165) is 18.4 Å². The van der Waals surface area contributed by atoms with E-state index in [4.69, 9.17) is 21.1 Å². The normalized spacial score (nSPS) is 29.0. The summed E-state index contributed by atoms with van der Waals surface area (Å²) in [6, 6.07) is 7.26. The van der Waals surface area contributed by atoms with Crippen molar-refractivity contribution in [3.05, 3.63) is 34.9 Å². The lowest BCUT2D eigenvalue weighted by molar-refractivity contribution is -0.167. The third-order valence-electron chi connectivity index (χ3n) is 4.35. The maximum absolute atomic E-state index is 12.9. The highest BCUT2D eigenvalue weighted by Gasteiger charge is 2.51. The highest BCUT2D eigenvalue weighted by atomic mass is 35.5. The summed E-state index contributed by atoms with van der Waals surface area (Å²) >= 11 is 6.05. The number of halogens is 1. The molecule has 1 N–H and O–H groups in total. The van der Waals surface area contributed by atoms with Crippen molar-refractivity contribution >= 4 is 23.5 Å². The molecule has 1 unspecified atom stereocenters. The number of carbonyl (C=O) groups excluding carboxylic acids is 1. The molecule has 0 aromatic heterocycles. The van der Waals surface area contributed by atoms with Gasteiger partial charge in [-0.05, 0) is 44.4 Å². The molecule has 2 fully saturated rings. The van der Waals surface area contributed by atoms with Crippen LogP contribution in [0.3, 0.4) is 0 Å². The molecule has 2 aliphatic heterocycles. The predicted molar refractivity (Wildman–Crippen MR) is 86.6 cm³/mol. The van der Waals surface area contributed by atoms with Gasteiger partial charge in [0.15, 0.2) is 18.0 Å². The minimum Gasteiger partial charge on any atom is -0.479 e. The van der Waals surface area contributed by atoms with Gasteiger partial charge < -0.3 is 19.5 Å². The molecular formula is C17H20ClNO5. The monoisotopic (exact) mass is 353 g/mol. The Morgan fingerprint density at radius 3 is 2.67 bits per heavy atom. The van der Waals surface area contributed by atoms with Crippen LogP contribution in [-0.4, -0.2) is 46.4 Å². The van der Waals surface area contributed by atoms with Gasteiger partial charge in [0, 0.05) is 11.6 Å². The third-order valence-corrected chi connectivity index (χ3v) is 4.59. The largest absolute Gasteiger partial charge is 0.479 e. The van der Waals surface area contributed by atoms with Crippen molar-refractivity contribution in [1.82, 2.24) is 4.90 Å². The van der Waals surface area contributed by atoms with Crippen LogP contribution in [0.25, 0.3) is 0 Å². The number of likely N-dealkylation sites (tertiary alicyclic amines) is 1. The molecule has 3 atom stereocenters. The van der Waals surface area contributed by atoms with Crippen LogP contribution in [0.15, 0.2) is 24.3 Å². The summed E-state index contributed by atoms with van der Waals surface area (Å²) in [6.07, 6.45) is -0.788. The molecule has 0 bridgehead atoms. The number of carbonyl (C=O) groups is 2. The predicted octanol–water partition coefficient (Wildman–Crippen LogP) is 2.61. The number of benzene rings is 1. The summed E-state index contributed by atoms with van der Waals surface area (Å²) in [5.74, 6) is -2.65. The van der Waals surface area contributed by atoms with Crippen molar-refractivity contribution in [3.63, 3.8) is 0 Å². The summed E-state index contributed by atoms with van der Waals surface area (Å²) in [5, 5.41) is 9.94. The van der Waals surface area contributed by atoms with E-state index >= 15 is 0 Å². The number of carboxylic acids is 1. The van der Waals surface area contributed by atoms with Crippen molar-refractivity contribution in [3.8, 4) is 0 Å². The molecule has 2 heterocycles. The molecule has 1 aromatic carbocycles. The second-order valence-electron chi connectivity index (χ2n) is 6.56. The van der Waals surface area contributed by atoms with Crippen LogP contribution in [0.1, 0.15) is 38.3 Å². The fourth-order valence-electron chi connectivity index (χ4n) is 3.38. The summed E-state index contributed by atoms with van der Waals surface area (Å²) in [4.78, 5) is 26.0. The molecule has 2 saturated heterocycles. The molecule has 24 heavy (non-hydrogen) atoms. The van der Waals surface area contributed by atoms with Crippen LogP contribution in [0.2, 0.25) is 5.02 Å². The Balaban J connectivity index is 1.84. The van der Waals surface area contributed by atoms with Gasteiger partial charge in [0.05, 0.1) is 6.04 Å². The van der Waals surface area contributed by atoms with Crippen LogP contribution in [0.5, 0.6) is 0 Å². The van der Waals surface area contributed by atoms with Crippen LogP contribution in [0, 0.1) is 0 Å². The molecule has 7 heteroatoms. The molecule has 6 nitrogen and oxygen atoms in total. The van der Waals surface area contributed by atoms with Gasteiger partial charge in [-0.3, -0.25) is 4.79 Å². The van der Waals surface area contributed by atoms with Crippen molar-refractivity contribution in [1.29, 1.82) is 0 Å². The molecule has 0 spiro atoms. The van der Waals surface area contributed by atoms with E-state index in [1.165, 1.54) is 0 Å².